The Labute approximate surface area is 344 Å². The largest absolute Gasteiger partial charge is 0.459 e. The molecule has 58 heavy (non-hydrogen) atoms. The number of amides is 1. The number of oxime groups is 1. The molecule has 2 N–H and O–H groups in total. The maximum absolute atomic E-state index is 14.4. The number of benzene rings is 3. The number of hydrogen-bond donors (Lipinski definition) is 2. The third-order valence-electron chi connectivity index (χ3n) is 12.7. The molecule has 3 aromatic rings. The molecule has 2 fully saturated rings. The standard InChI is InChI=1S/C49H62N2O7/c1-5-24-51(48(54)36-19-20-36)45-31-43(50-56-32-35-14-8-7-9-15-35)41-29-37(16-10-12-25-52)40(17-11-13-26-53)46-42-30-39(57-38-21-18-33(3)34(4)28-38)22-23-44(42)58-49(45,47(41)46)55-27-6-2/h6-9,14-15,18,21-23,28-30,36-37,40,45-47,52-53H,2,5,10-13,16-17,19-20,24-27,31-32H2,1,3-4H3. The topological polar surface area (TPSA) is 110 Å². The molecule has 7 rings (SSSR count). The summed E-state index contributed by atoms with van der Waals surface area (Å²) < 4.78 is 21.1. The summed E-state index contributed by atoms with van der Waals surface area (Å²) in [7, 11) is 0. The lowest BCUT2D eigenvalue weighted by Gasteiger charge is -2.60. The second-order valence-corrected chi connectivity index (χ2v) is 16.7. The highest BCUT2D eigenvalue weighted by Gasteiger charge is 2.65. The van der Waals surface area contributed by atoms with Gasteiger partial charge in [0.15, 0.2) is 0 Å². The van der Waals surface area contributed by atoms with Gasteiger partial charge < -0.3 is 34.2 Å². The number of ether oxygens (including phenoxy) is 3. The minimum atomic E-state index is -1.25. The fraction of sp³-hybridized carbons (Fsp3) is 0.510. The summed E-state index contributed by atoms with van der Waals surface area (Å²) in [5, 5.41) is 24.8. The first-order valence-electron chi connectivity index (χ1n) is 21.6. The van der Waals surface area contributed by atoms with Crippen LogP contribution in [0.4, 0.5) is 0 Å². The summed E-state index contributed by atoms with van der Waals surface area (Å²) in [5.74, 6) is 0.912. The molecule has 4 aliphatic rings. The normalized spacial score (nSPS) is 25.2. The average molecular weight is 791 g/mol. The van der Waals surface area contributed by atoms with Crippen LogP contribution in [-0.2, 0) is 21.0 Å². The Morgan fingerprint density at radius 3 is 2.41 bits per heavy atom. The molecule has 1 amide bonds. The zero-order chi connectivity index (χ0) is 40.6. The van der Waals surface area contributed by atoms with Crippen molar-refractivity contribution in [2.75, 3.05) is 26.4 Å². The van der Waals surface area contributed by atoms with Crippen molar-refractivity contribution in [3.8, 4) is 17.2 Å². The molecule has 6 unspecified atom stereocenters. The number of aliphatic hydroxyl groups excluding tert-OH is 2. The van der Waals surface area contributed by atoms with E-state index in [0.29, 0.717) is 26.0 Å². The average Bonchev–Trinajstić information content (AvgIpc) is 4.09. The molecule has 0 spiro atoms. The lowest BCUT2D eigenvalue weighted by atomic mass is 9.55. The molecule has 0 radical (unpaired) electrons. The number of nitrogens with zero attached hydrogens (tertiary/aromatic N) is 2. The Hall–Kier alpha value is -4.44. The van der Waals surface area contributed by atoms with Gasteiger partial charge in [0.25, 0.3) is 0 Å². The zero-order valence-electron chi connectivity index (χ0n) is 34.6. The molecule has 9 heteroatoms. The van der Waals surface area contributed by atoms with Crippen molar-refractivity contribution in [2.24, 2.45) is 28.8 Å². The van der Waals surface area contributed by atoms with Crippen molar-refractivity contribution in [1.29, 1.82) is 0 Å². The van der Waals surface area contributed by atoms with Crippen LogP contribution < -0.4 is 9.47 Å². The van der Waals surface area contributed by atoms with Gasteiger partial charge >= 0.3 is 0 Å². The van der Waals surface area contributed by atoms with Crippen LogP contribution in [0.1, 0.15) is 99.3 Å². The number of unbranched alkanes of at least 4 members (excludes halogenated alkanes) is 2. The molecular formula is C49H62N2O7. The van der Waals surface area contributed by atoms with Crippen LogP contribution in [0.2, 0.25) is 0 Å². The Morgan fingerprint density at radius 1 is 0.966 bits per heavy atom. The van der Waals surface area contributed by atoms with Gasteiger partial charge in [0.2, 0.25) is 11.7 Å². The van der Waals surface area contributed by atoms with Crippen molar-refractivity contribution in [1.82, 2.24) is 4.90 Å². The number of aryl methyl sites for hydroxylation is 2. The molecule has 1 heterocycles. The Balaban J connectivity index is 1.42. The molecule has 9 nitrogen and oxygen atoms in total. The quantitative estimate of drug-likeness (QED) is 0.0667. The SMILES string of the molecule is C=CCOC12Oc3ccc(Oc4ccc(C)c(C)c4)cc3C3C(CCCCO)C(CCCCO)C=C(C(=NOCc4ccccc4)CC1N(CCC)C(=O)C1CC1)C32. The molecule has 3 aromatic carbocycles. The number of hydrogen-bond acceptors (Lipinski definition) is 8. The van der Waals surface area contributed by atoms with Crippen molar-refractivity contribution in [3.63, 3.8) is 0 Å². The van der Waals surface area contributed by atoms with E-state index in [1.165, 1.54) is 5.56 Å². The first-order valence-corrected chi connectivity index (χ1v) is 21.6. The Bertz CT molecular complexity index is 1940. The van der Waals surface area contributed by atoms with Gasteiger partial charge in [0.05, 0.1) is 18.2 Å². The van der Waals surface area contributed by atoms with E-state index in [9.17, 15) is 15.0 Å². The van der Waals surface area contributed by atoms with Gasteiger partial charge in [-0.2, -0.15) is 0 Å². The summed E-state index contributed by atoms with van der Waals surface area (Å²) >= 11 is 0. The summed E-state index contributed by atoms with van der Waals surface area (Å²) in [6.07, 6.45) is 12.0. The minimum Gasteiger partial charge on any atom is -0.459 e. The molecule has 2 saturated carbocycles. The number of carbonyl (C=O) groups excluding carboxylic acids is 1. The van der Waals surface area contributed by atoms with Crippen molar-refractivity contribution in [2.45, 2.75) is 109 Å². The molecule has 0 aromatic heterocycles. The predicted octanol–water partition coefficient (Wildman–Crippen LogP) is 9.58. The van der Waals surface area contributed by atoms with E-state index in [0.717, 1.165) is 96.6 Å². The lowest BCUT2D eigenvalue weighted by Crippen LogP contribution is -2.70. The fourth-order valence-corrected chi connectivity index (χ4v) is 9.61. The predicted molar refractivity (Wildman–Crippen MR) is 227 cm³/mol. The van der Waals surface area contributed by atoms with Gasteiger partial charge in [-0.1, -0.05) is 73.5 Å². The maximum Gasteiger partial charge on any atom is 0.239 e. The smallest absolute Gasteiger partial charge is 0.239 e. The van der Waals surface area contributed by atoms with E-state index in [2.05, 4.69) is 51.6 Å². The monoisotopic (exact) mass is 790 g/mol. The second kappa shape index (κ2) is 19.1. The van der Waals surface area contributed by atoms with E-state index in [1.807, 2.05) is 53.4 Å². The van der Waals surface area contributed by atoms with Crippen molar-refractivity contribution in [3.05, 3.63) is 113 Å². The Morgan fingerprint density at radius 2 is 1.71 bits per heavy atom. The van der Waals surface area contributed by atoms with Gasteiger partial charge in [-0.15, -0.1) is 6.58 Å². The molecule has 310 valence electrons. The second-order valence-electron chi connectivity index (χ2n) is 16.7. The number of carbonyl (C=O) groups is 1. The van der Waals surface area contributed by atoms with Crippen molar-refractivity contribution >= 4 is 11.6 Å². The molecule has 3 aliphatic carbocycles. The minimum absolute atomic E-state index is 0.0000505. The van der Waals surface area contributed by atoms with Crippen LogP contribution in [0.5, 0.6) is 17.2 Å². The zero-order valence-corrected chi connectivity index (χ0v) is 34.6. The summed E-state index contributed by atoms with van der Waals surface area (Å²) in [5.41, 5.74) is 6.27. The van der Waals surface area contributed by atoms with Crippen LogP contribution in [0.25, 0.3) is 0 Å². The van der Waals surface area contributed by atoms with Crippen LogP contribution in [0.15, 0.2) is 96.2 Å². The van der Waals surface area contributed by atoms with E-state index in [1.54, 1.807) is 6.08 Å². The van der Waals surface area contributed by atoms with Crippen LogP contribution in [0.3, 0.4) is 0 Å². The summed E-state index contributed by atoms with van der Waals surface area (Å²) in [6, 6.07) is 21.8. The fourth-order valence-electron chi connectivity index (χ4n) is 9.61. The third-order valence-corrected chi connectivity index (χ3v) is 12.7. The maximum atomic E-state index is 14.4. The van der Waals surface area contributed by atoms with Crippen LogP contribution in [0, 0.1) is 37.5 Å². The number of rotatable bonds is 20. The van der Waals surface area contributed by atoms with Gasteiger partial charge in [-0.25, -0.2) is 0 Å². The van der Waals surface area contributed by atoms with Crippen LogP contribution >= 0.6 is 0 Å². The molecule has 6 atom stereocenters. The molecule has 1 aliphatic heterocycles. The number of allylic oxidation sites excluding steroid dienone is 1. The molecule has 0 saturated heterocycles. The van der Waals surface area contributed by atoms with Gasteiger partial charge in [0, 0.05) is 43.6 Å². The van der Waals surface area contributed by atoms with Gasteiger partial charge in [-0.3, -0.25) is 4.79 Å². The first-order chi connectivity index (χ1) is 28.3. The first kappa shape index (κ1) is 41.7. The number of aliphatic hydroxyl groups is 2. The van der Waals surface area contributed by atoms with Crippen molar-refractivity contribution < 1.29 is 34.1 Å². The van der Waals surface area contributed by atoms with E-state index < -0.39 is 11.8 Å². The third kappa shape index (κ3) is 8.92. The number of fused-ring (bicyclic) bond motifs is 2. The highest BCUT2D eigenvalue weighted by molar-refractivity contribution is 6.03. The van der Waals surface area contributed by atoms with E-state index in [-0.39, 0.29) is 55.3 Å². The Kier molecular flexibility index (Phi) is 13.7. The van der Waals surface area contributed by atoms with Gasteiger partial charge in [-0.05, 0) is 123 Å². The van der Waals surface area contributed by atoms with Crippen LogP contribution in [-0.4, -0.2) is 64.9 Å². The lowest BCUT2D eigenvalue weighted by molar-refractivity contribution is -0.257. The summed E-state index contributed by atoms with van der Waals surface area (Å²) in [6.45, 7) is 11.8. The summed E-state index contributed by atoms with van der Waals surface area (Å²) in [4.78, 5) is 22.7. The van der Waals surface area contributed by atoms with E-state index >= 15 is 0 Å². The van der Waals surface area contributed by atoms with E-state index in [4.69, 9.17) is 24.2 Å². The highest BCUT2D eigenvalue weighted by Crippen LogP contribution is 2.62. The highest BCUT2D eigenvalue weighted by atomic mass is 16.7. The molecular weight excluding hydrogens is 729 g/mol. The van der Waals surface area contributed by atoms with Gasteiger partial charge in [0.1, 0.15) is 29.9 Å². The molecule has 0 bridgehead atoms.